The van der Waals surface area contributed by atoms with Crippen LogP contribution in [0.1, 0.15) is 40.5 Å². The number of hydrogen-bond acceptors (Lipinski definition) is 2. The van der Waals surface area contributed by atoms with Gasteiger partial charge in [0.1, 0.15) is 0 Å². The Morgan fingerprint density at radius 3 is 2.25 bits per heavy atom. The SMILES string of the molecule is CC(C)CCC(=O)N(C)CC(C)(C)CN.Cl. The Balaban J connectivity index is 0. The summed E-state index contributed by atoms with van der Waals surface area (Å²) in [6.45, 7) is 9.78. The van der Waals surface area contributed by atoms with Crippen LogP contribution >= 0.6 is 12.4 Å². The molecule has 0 fully saturated rings. The molecule has 0 radical (unpaired) electrons. The summed E-state index contributed by atoms with van der Waals surface area (Å²) >= 11 is 0. The van der Waals surface area contributed by atoms with Gasteiger partial charge in [-0.05, 0) is 24.3 Å². The van der Waals surface area contributed by atoms with Crippen molar-refractivity contribution in [1.82, 2.24) is 4.90 Å². The van der Waals surface area contributed by atoms with Crippen LogP contribution in [0.5, 0.6) is 0 Å². The van der Waals surface area contributed by atoms with Gasteiger partial charge in [-0.1, -0.05) is 27.7 Å². The minimum atomic E-state index is 0. The van der Waals surface area contributed by atoms with Gasteiger partial charge in [0.25, 0.3) is 0 Å². The molecule has 0 rings (SSSR count). The van der Waals surface area contributed by atoms with Gasteiger partial charge in [0.2, 0.25) is 5.91 Å². The molecule has 0 heterocycles. The van der Waals surface area contributed by atoms with E-state index in [4.69, 9.17) is 5.73 Å². The summed E-state index contributed by atoms with van der Waals surface area (Å²) in [6, 6.07) is 0. The molecular weight excluding hydrogens is 224 g/mol. The molecule has 0 unspecified atom stereocenters. The summed E-state index contributed by atoms with van der Waals surface area (Å²) < 4.78 is 0. The van der Waals surface area contributed by atoms with E-state index in [9.17, 15) is 4.79 Å². The van der Waals surface area contributed by atoms with Crippen molar-refractivity contribution in [2.75, 3.05) is 20.1 Å². The predicted octanol–water partition coefficient (Wildman–Crippen LogP) is 2.29. The first kappa shape index (κ1) is 18.1. The Kier molecular flexibility index (Phi) is 8.94. The normalized spacial score (nSPS) is 11.2. The third-order valence-electron chi connectivity index (χ3n) is 2.58. The zero-order chi connectivity index (χ0) is 12.1. The van der Waals surface area contributed by atoms with E-state index in [-0.39, 0.29) is 23.7 Å². The van der Waals surface area contributed by atoms with Crippen LogP contribution in [0.25, 0.3) is 0 Å². The Bertz CT molecular complexity index is 205. The van der Waals surface area contributed by atoms with Crippen molar-refractivity contribution >= 4 is 18.3 Å². The Morgan fingerprint density at radius 2 is 1.88 bits per heavy atom. The van der Waals surface area contributed by atoms with Crippen LogP contribution < -0.4 is 5.73 Å². The van der Waals surface area contributed by atoms with Gasteiger partial charge in [-0.25, -0.2) is 0 Å². The minimum Gasteiger partial charge on any atom is -0.345 e. The molecule has 0 aromatic rings. The lowest BCUT2D eigenvalue weighted by Gasteiger charge is -2.29. The molecule has 4 heteroatoms. The molecule has 2 N–H and O–H groups in total. The smallest absolute Gasteiger partial charge is 0.222 e. The number of rotatable bonds is 6. The monoisotopic (exact) mass is 250 g/mol. The largest absolute Gasteiger partial charge is 0.345 e. The van der Waals surface area contributed by atoms with Crippen molar-refractivity contribution < 1.29 is 4.79 Å². The molecule has 0 aromatic heterocycles. The van der Waals surface area contributed by atoms with E-state index in [1.54, 1.807) is 4.90 Å². The van der Waals surface area contributed by atoms with Gasteiger partial charge < -0.3 is 10.6 Å². The van der Waals surface area contributed by atoms with Gasteiger partial charge in [0.15, 0.2) is 0 Å². The topological polar surface area (TPSA) is 46.3 Å². The minimum absolute atomic E-state index is 0. The summed E-state index contributed by atoms with van der Waals surface area (Å²) in [5.74, 6) is 0.815. The average molecular weight is 251 g/mol. The van der Waals surface area contributed by atoms with E-state index in [0.29, 0.717) is 18.9 Å². The molecular formula is C12H27ClN2O. The Morgan fingerprint density at radius 1 is 1.38 bits per heavy atom. The van der Waals surface area contributed by atoms with E-state index in [2.05, 4.69) is 27.7 Å². The highest BCUT2D eigenvalue weighted by Crippen LogP contribution is 2.15. The van der Waals surface area contributed by atoms with Gasteiger partial charge in [0.05, 0.1) is 0 Å². The van der Waals surface area contributed by atoms with Crippen molar-refractivity contribution in [2.45, 2.75) is 40.5 Å². The first-order valence-corrected chi connectivity index (χ1v) is 5.72. The maximum Gasteiger partial charge on any atom is 0.222 e. The molecule has 0 atom stereocenters. The van der Waals surface area contributed by atoms with Crippen LogP contribution in [0.15, 0.2) is 0 Å². The van der Waals surface area contributed by atoms with E-state index in [1.807, 2.05) is 7.05 Å². The summed E-state index contributed by atoms with van der Waals surface area (Å²) in [5, 5.41) is 0. The van der Waals surface area contributed by atoms with Crippen LogP contribution in [-0.2, 0) is 4.79 Å². The fourth-order valence-electron chi connectivity index (χ4n) is 1.40. The molecule has 0 saturated carbocycles. The van der Waals surface area contributed by atoms with Crippen LogP contribution in [0, 0.1) is 11.3 Å². The number of carbonyl (C=O) groups excluding carboxylic acids is 1. The first-order chi connectivity index (χ1) is 6.78. The van der Waals surface area contributed by atoms with Gasteiger partial charge in [-0.2, -0.15) is 0 Å². The standard InChI is InChI=1S/C12H26N2O.ClH/c1-10(2)6-7-11(15)14(5)9-12(3,4)8-13;/h10H,6-9,13H2,1-5H3;1H. The van der Waals surface area contributed by atoms with E-state index >= 15 is 0 Å². The zero-order valence-corrected chi connectivity index (χ0v) is 12.1. The van der Waals surface area contributed by atoms with Gasteiger partial charge in [-0.15, -0.1) is 12.4 Å². The molecule has 0 aromatic carbocycles. The number of carbonyl (C=O) groups is 1. The van der Waals surface area contributed by atoms with Gasteiger partial charge in [-0.3, -0.25) is 4.79 Å². The maximum absolute atomic E-state index is 11.7. The lowest BCUT2D eigenvalue weighted by atomic mass is 9.93. The first-order valence-electron chi connectivity index (χ1n) is 5.72. The Labute approximate surface area is 106 Å². The summed E-state index contributed by atoms with van der Waals surface area (Å²) in [4.78, 5) is 13.5. The summed E-state index contributed by atoms with van der Waals surface area (Å²) in [7, 11) is 1.86. The second-order valence-corrected chi connectivity index (χ2v) is 5.55. The highest BCUT2D eigenvalue weighted by molar-refractivity contribution is 5.85. The molecule has 0 spiro atoms. The quantitative estimate of drug-likeness (QED) is 0.786. The predicted molar refractivity (Wildman–Crippen MR) is 71.8 cm³/mol. The second kappa shape index (κ2) is 7.91. The lowest BCUT2D eigenvalue weighted by Crippen LogP contribution is -2.39. The lowest BCUT2D eigenvalue weighted by molar-refractivity contribution is -0.131. The van der Waals surface area contributed by atoms with Crippen LogP contribution in [-0.4, -0.2) is 30.9 Å². The van der Waals surface area contributed by atoms with E-state index < -0.39 is 0 Å². The van der Waals surface area contributed by atoms with Crippen molar-refractivity contribution in [2.24, 2.45) is 17.1 Å². The van der Waals surface area contributed by atoms with E-state index in [0.717, 1.165) is 13.0 Å². The molecule has 0 aliphatic rings. The highest BCUT2D eigenvalue weighted by atomic mass is 35.5. The summed E-state index contributed by atoms with van der Waals surface area (Å²) in [5.41, 5.74) is 5.66. The van der Waals surface area contributed by atoms with Crippen molar-refractivity contribution in [3.05, 3.63) is 0 Å². The van der Waals surface area contributed by atoms with Crippen LogP contribution in [0.2, 0.25) is 0 Å². The molecule has 0 aliphatic carbocycles. The molecule has 0 aliphatic heterocycles. The average Bonchev–Trinajstić information content (AvgIpc) is 2.13. The highest BCUT2D eigenvalue weighted by Gasteiger charge is 2.20. The number of nitrogens with zero attached hydrogens (tertiary/aromatic N) is 1. The second-order valence-electron chi connectivity index (χ2n) is 5.55. The molecule has 3 nitrogen and oxygen atoms in total. The third kappa shape index (κ3) is 7.94. The molecule has 0 bridgehead atoms. The van der Waals surface area contributed by atoms with Crippen molar-refractivity contribution in [1.29, 1.82) is 0 Å². The van der Waals surface area contributed by atoms with Crippen LogP contribution in [0.4, 0.5) is 0 Å². The summed E-state index contributed by atoms with van der Waals surface area (Å²) in [6.07, 6.45) is 1.61. The Hall–Kier alpha value is -0.280. The fourth-order valence-corrected chi connectivity index (χ4v) is 1.40. The molecule has 98 valence electrons. The van der Waals surface area contributed by atoms with E-state index in [1.165, 1.54) is 0 Å². The van der Waals surface area contributed by atoms with Crippen molar-refractivity contribution in [3.8, 4) is 0 Å². The van der Waals surface area contributed by atoms with Gasteiger partial charge in [0, 0.05) is 20.0 Å². The number of nitrogens with two attached hydrogens (primary N) is 1. The van der Waals surface area contributed by atoms with Crippen molar-refractivity contribution in [3.63, 3.8) is 0 Å². The third-order valence-corrected chi connectivity index (χ3v) is 2.58. The van der Waals surface area contributed by atoms with Crippen LogP contribution in [0.3, 0.4) is 0 Å². The molecule has 0 saturated heterocycles. The maximum atomic E-state index is 11.7. The molecule has 16 heavy (non-hydrogen) atoms. The number of hydrogen-bond donors (Lipinski definition) is 1. The van der Waals surface area contributed by atoms with Gasteiger partial charge >= 0.3 is 0 Å². The molecule has 1 amide bonds. The zero-order valence-electron chi connectivity index (χ0n) is 11.2. The number of amides is 1. The number of halogens is 1. The fraction of sp³-hybridized carbons (Fsp3) is 0.917.